The number of ether oxygens (including phenoxy) is 3. The lowest BCUT2D eigenvalue weighted by molar-refractivity contribution is -0.258. The van der Waals surface area contributed by atoms with Crippen molar-refractivity contribution in [3.8, 4) is 11.5 Å². The van der Waals surface area contributed by atoms with E-state index in [-0.39, 0.29) is 49.4 Å². The first-order valence-electron chi connectivity index (χ1n) is 24.2. The topological polar surface area (TPSA) is 110 Å². The fraction of sp³-hybridized carbons (Fsp3) is 0.491. The summed E-state index contributed by atoms with van der Waals surface area (Å²) in [6, 6.07) is 30.8. The molecule has 10 heteroatoms. The molecule has 1 aliphatic heterocycles. The normalized spacial score (nSPS) is 24.2. The van der Waals surface area contributed by atoms with Gasteiger partial charge in [0.2, 0.25) is 11.7 Å². The van der Waals surface area contributed by atoms with Crippen molar-refractivity contribution in [1.82, 2.24) is 4.90 Å². The second-order valence-electron chi connectivity index (χ2n) is 18.3. The van der Waals surface area contributed by atoms with Crippen molar-refractivity contribution in [2.24, 2.45) is 28.8 Å². The quantitative estimate of drug-likeness (QED) is 0.0328. The predicted octanol–water partition coefficient (Wildman–Crippen LogP) is 11.3. The molecule has 0 spiro atoms. The van der Waals surface area contributed by atoms with Crippen LogP contribution < -0.4 is 9.47 Å². The number of aliphatic hydroxyl groups is 2. The van der Waals surface area contributed by atoms with Crippen molar-refractivity contribution in [2.45, 2.75) is 113 Å². The van der Waals surface area contributed by atoms with E-state index in [4.69, 9.17) is 24.2 Å². The monoisotopic (exact) mass is 900 g/mol. The number of thioether (sulfide) groups is 1. The van der Waals surface area contributed by atoms with Gasteiger partial charge in [0.15, 0.2) is 0 Å². The second kappa shape index (κ2) is 22.7. The lowest BCUT2D eigenvalue weighted by atomic mass is 9.55. The molecule has 0 bridgehead atoms. The first kappa shape index (κ1) is 46.9. The van der Waals surface area contributed by atoms with Crippen LogP contribution in [-0.4, -0.2) is 77.9 Å². The Balaban J connectivity index is 1.27. The molecule has 4 aromatic carbocycles. The molecule has 2 N–H and O–H groups in total. The van der Waals surface area contributed by atoms with Crippen LogP contribution in [0.4, 0.5) is 0 Å². The van der Waals surface area contributed by atoms with Gasteiger partial charge in [-0.05, 0) is 102 Å². The fourth-order valence-corrected chi connectivity index (χ4v) is 12.2. The van der Waals surface area contributed by atoms with Crippen molar-refractivity contribution < 1.29 is 34.1 Å². The summed E-state index contributed by atoms with van der Waals surface area (Å²) in [7, 11) is 1.60. The van der Waals surface area contributed by atoms with Crippen LogP contribution in [0, 0.1) is 23.7 Å². The summed E-state index contributed by atoms with van der Waals surface area (Å²) in [5.41, 5.74) is 3.95. The molecule has 3 aliphatic carbocycles. The number of oxime groups is 1. The largest absolute Gasteiger partial charge is 0.493 e. The summed E-state index contributed by atoms with van der Waals surface area (Å²) >= 11 is 1.77. The number of unbranched alkanes of at least 4 members (excludes halogenated alkanes) is 2. The standard InChI is InChI=1S/C55H68N2O7S/c1-3-32-63-55-51(57(52(60)29-26-39-16-7-8-17-39)38-42-21-15-20-40-18-9-10-24-45(40)42)37-49(56-61-2)47-35-41(19-11-13-30-58)46(25-12-14-31-59)53(54(47)55)48-36-43(27-28-50(48)64-55)62-33-34-65-44-22-5-4-6-23-44/h3-6,9-10,15,18,20-24,27-28,35-36,39,41,46,51,53-54,58-59H,1,7-8,11-14,16-17,19,25-26,29-34,37-38H2,2H3/t41-,46+,51-,53+,54+,55+/m0/s1. The number of allylic oxidation sites excluding steroid dienone is 1. The number of amides is 1. The van der Waals surface area contributed by atoms with Crippen LogP contribution in [0.2, 0.25) is 0 Å². The zero-order chi connectivity index (χ0) is 45.0. The maximum absolute atomic E-state index is 15.3. The summed E-state index contributed by atoms with van der Waals surface area (Å²) in [5.74, 6) is 1.38. The van der Waals surface area contributed by atoms with Gasteiger partial charge in [0.25, 0.3) is 0 Å². The number of carbonyl (C=O) groups is 1. The molecule has 9 nitrogen and oxygen atoms in total. The highest BCUT2D eigenvalue weighted by Crippen LogP contribution is 2.62. The van der Waals surface area contributed by atoms with E-state index in [2.05, 4.69) is 90.4 Å². The Hall–Kier alpha value is -4.61. The van der Waals surface area contributed by atoms with Gasteiger partial charge in [0, 0.05) is 54.7 Å². The van der Waals surface area contributed by atoms with Crippen molar-refractivity contribution in [3.05, 3.63) is 126 Å². The molecule has 346 valence electrons. The molecule has 4 aliphatic rings. The van der Waals surface area contributed by atoms with E-state index in [9.17, 15) is 10.2 Å². The molecule has 0 unspecified atom stereocenters. The Morgan fingerprint density at radius 2 is 1.71 bits per heavy atom. The zero-order valence-electron chi connectivity index (χ0n) is 38.2. The first-order chi connectivity index (χ1) is 32.0. The van der Waals surface area contributed by atoms with Crippen LogP contribution in [0.5, 0.6) is 11.5 Å². The smallest absolute Gasteiger partial charge is 0.239 e. The Labute approximate surface area is 390 Å². The Kier molecular flexibility index (Phi) is 16.4. The van der Waals surface area contributed by atoms with Crippen LogP contribution >= 0.6 is 11.8 Å². The third kappa shape index (κ3) is 10.7. The molecule has 6 atom stereocenters. The highest BCUT2D eigenvalue weighted by atomic mass is 32.2. The van der Waals surface area contributed by atoms with E-state index in [1.54, 1.807) is 24.9 Å². The Morgan fingerprint density at radius 1 is 0.938 bits per heavy atom. The van der Waals surface area contributed by atoms with Gasteiger partial charge in [-0.15, -0.1) is 18.3 Å². The zero-order valence-corrected chi connectivity index (χ0v) is 39.0. The predicted molar refractivity (Wildman–Crippen MR) is 260 cm³/mol. The van der Waals surface area contributed by atoms with E-state index in [1.807, 2.05) is 18.2 Å². The second-order valence-corrected chi connectivity index (χ2v) is 19.5. The van der Waals surface area contributed by atoms with Gasteiger partial charge in [-0.1, -0.05) is 116 Å². The van der Waals surface area contributed by atoms with Gasteiger partial charge >= 0.3 is 0 Å². The summed E-state index contributed by atoms with van der Waals surface area (Å²) in [6.45, 7) is 5.52. The van der Waals surface area contributed by atoms with Crippen LogP contribution in [0.15, 0.2) is 125 Å². The number of nitrogens with zero attached hydrogens (tertiary/aromatic N) is 2. The van der Waals surface area contributed by atoms with Crippen LogP contribution in [0.1, 0.15) is 101 Å². The molecular formula is C55H68N2O7S. The number of hydrogen-bond donors (Lipinski definition) is 2. The molecule has 2 saturated carbocycles. The molecule has 0 aromatic heterocycles. The number of carbonyl (C=O) groups excluding carboxylic acids is 1. The SMILES string of the molecule is C=CCO[C@@]12Oc3ccc(OCCSc4ccccc4)cc3[C@H]3[C@H](CCCCO)[C@@H](CCCCO)C=C(C(=NOC)C[C@@H]1N(Cc1cccc4ccccc14)C(=O)CCC1CCCC1)[C@H]32. The van der Waals surface area contributed by atoms with Gasteiger partial charge in [-0.3, -0.25) is 4.79 Å². The number of hydrogen-bond acceptors (Lipinski definition) is 9. The average molecular weight is 901 g/mol. The van der Waals surface area contributed by atoms with Crippen LogP contribution in [0.25, 0.3) is 10.8 Å². The molecule has 2 fully saturated rings. The third-order valence-electron chi connectivity index (χ3n) is 14.4. The highest BCUT2D eigenvalue weighted by Gasteiger charge is 2.65. The van der Waals surface area contributed by atoms with Crippen LogP contribution in [-0.2, 0) is 20.9 Å². The minimum atomic E-state index is -1.32. The van der Waals surface area contributed by atoms with Gasteiger partial charge < -0.3 is 34.2 Å². The minimum absolute atomic E-state index is 0.0841. The molecule has 8 rings (SSSR count). The van der Waals surface area contributed by atoms with Crippen molar-refractivity contribution in [2.75, 3.05) is 39.3 Å². The molecular weight excluding hydrogens is 833 g/mol. The summed E-state index contributed by atoms with van der Waals surface area (Å²) in [4.78, 5) is 24.3. The fourth-order valence-electron chi connectivity index (χ4n) is 11.4. The van der Waals surface area contributed by atoms with Crippen molar-refractivity contribution in [3.63, 3.8) is 0 Å². The summed E-state index contributed by atoms with van der Waals surface area (Å²) in [6.07, 6.45) is 15.5. The molecule has 1 amide bonds. The van der Waals surface area contributed by atoms with Crippen molar-refractivity contribution in [1.29, 1.82) is 0 Å². The van der Waals surface area contributed by atoms with E-state index < -0.39 is 11.8 Å². The maximum Gasteiger partial charge on any atom is 0.239 e. The van der Waals surface area contributed by atoms with Gasteiger partial charge in [0.05, 0.1) is 24.8 Å². The van der Waals surface area contributed by atoms with Gasteiger partial charge in [-0.2, -0.15) is 0 Å². The number of aliphatic hydroxyl groups excluding tert-OH is 2. The molecule has 4 aromatic rings. The van der Waals surface area contributed by atoms with Crippen molar-refractivity contribution >= 4 is 34.2 Å². The third-order valence-corrected chi connectivity index (χ3v) is 15.3. The Bertz CT molecular complexity index is 2250. The van der Waals surface area contributed by atoms with E-state index in [0.29, 0.717) is 38.3 Å². The molecule has 1 heterocycles. The van der Waals surface area contributed by atoms with Gasteiger partial charge in [0.1, 0.15) is 24.7 Å². The maximum atomic E-state index is 15.3. The summed E-state index contributed by atoms with van der Waals surface area (Å²) < 4.78 is 21.3. The van der Waals surface area contributed by atoms with Gasteiger partial charge in [-0.25, -0.2) is 0 Å². The lowest BCUT2D eigenvalue weighted by Gasteiger charge is -2.60. The lowest BCUT2D eigenvalue weighted by Crippen LogP contribution is -2.70. The number of fused-ring (bicyclic) bond motifs is 3. The minimum Gasteiger partial charge on any atom is -0.493 e. The van der Waals surface area contributed by atoms with E-state index in [0.717, 1.165) is 89.0 Å². The van der Waals surface area contributed by atoms with Crippen LogP contribution in [0.3, 0.4) is 0 Å². The van der Waals surface area contributed by atoms with E-state index in [1.165, 1.54) is 30.6 Å². The first-order valence-corrected chi connectivity index (χ1v) is 25.1. The van der Waals surface area contributed by atoms with E-state index >= 15 is 4.79 Å². The molecule has 0 radical (unpaired) electrons. The summed E-state index contributed by atoms with van der Waals surface area (Å²) in [5, 5.41) is 27.1. The number of rotatable bonds is 23. The average Bonchev–Trinajstić information content (AvgIpc) is 3.87. The Morgan fingerprint density at radius 3 is 2.49 bits per heavy atom. The molecule has 0 saturated heterocycles. The highest BCUT2D eigenvalue weighted by molar-refractivity contribution is 7.99. The molecule has 65 heavy (non-hydrogen) atoms. The number of benzene rings is 4.